The van der Waals surface area contributed by atoms with Crippen molar-refractivity contribution in [3.05, 3.63) is 0 Å². The van der Waals surface area contributed by atoms with Crippen LogP contribution in [0.2, 0.25) is 0 Å². The second-order valence-electron chi connectivity index (χ2n) is 3.56. The number of carboxylic acids is 1. The van der Waals surface area contributed by atoms with Crippen molar-refractivity contribution in [1.29, 1.82) is 0 Å². The maximum Gasteiger partial charge on any atom is 0.304 e. The van der Waals surface area contributed by atoms with Crippen LogP contribution in [0.15, 0.2) is 0 Å². The molecule has 1 fully saturated rings. The SMILES string of the molecule is NC(=O)C1COCCN1S(=O)(=O)CCC(=O)O. The first-order chi connectivity index (χ1) is 7.84. The van der Waals surface area contributed by atoms with Crippen molar-refractivity contribution < 1.29 is 27.9 Å². The fraction of sp³-hybridized carbons (Fsp3) is 0.750. The molecule has 9 heteroatoms. The number of primary amides is 1. The van der Waals surface area contributed by atoms with Gasteiger partial charge in [-0.2, -0.15) is 4.31 Å². The monoisotopic (exact) mass is 266 g/mol. The Bertz CT molecular complexity index is 406. The molecule has 1 atom stereocenters. The van der Waals surface area contributed by atoms with E-state index in [9.17, 15) is 18.0 Å². The summed E-state index contributed by atoms with van der Waals surface area (Å²) in [5.41, 5.74) is 5.07. The molecular formula is C8H14N2O6S. The van der Waals surface area contributed by atoms with Gasteiger partial charge in [0.05, 0.1) is 25.4 Å². The fourth-order valence-corrected chi connectivity index (χ4v) is 3.05. The molecule has 0 spiro atoms. The molecule has 98 valence electrons. The summed E-state index contributed by atoms with van der Waals surface area (Å²) in [5, 5.41) is 8.45. The van der Waals surface area contributed by atoms with Crippen LogP contribution in [-0.2, 0) is 24.3 Å². The number of rotatable bonds is 5. The maximum atomic E-state index is 11.8. The van der Waals surface area contributed by atoms with E-state index < -0.39 is 40.1 Å². The van der Waals surface area contributed by atoms with Gasteiger partial charge in [-0.05, 0) is 0 Å². The predicted molar refractivity (Wildman–Crippen MR) is 56.5 cm³/mol. The average Bonchev–Trinajstić information content (AvgIpc) is 2.26. The molecule has 17 heavy (non-hydrogen) atoms. The van der Waals surface area contributed by atoms with Crippen molar-refractivity contribution in [1.82, 2.24) is 4.31 Å². The molecule has 0 aliphatic carbocycles. The van der Waals surface area contributed by atoms with Gasteiger partial charge in [0.25, 0.3) is 0 Å². The Morgan fingerprint density at radius 1 is 1.47 bits per heavy atom. The Balaban J connectivity index is 2.79. The summed E-state index contributed by atoms with van der Waals surface area (Å²) in [7, 11) is -3.80. The van der Waals surface area contributed by atoms with E-state index in [1.807, 2.05) is 0 Å². The standard InChI is InChI=1S/C8H14N2O6S/c9-8(13)6-5-16-3-2-10(6)17(14,15)4-1-7(11)12/h6H,1-5H2,(H2,9,13)(H,11,12). The highest BCUT2D eigenvalue weighted by atomic mass is 32.2. The predicted octanol–water partition coefficient (Wildman–Crippen LogP) is -2.02. The lowest BCUT2D eigenvalue weighted by Crippen LogP contribution is -2.55. The summed E-state index contributed by atoms with van der Waals surface area (Å²) < 4.78 is 29.5. The van der Waals surface area contributed by atoms with E-state index in [4.69, 9.17) is 15.6 Å². The number of carbonyl (C=O) groups excluding carboxylic acids is 1. The van der Waals surface area contributed by atoms with Gasteiger partial charge in [0.15, 0.2) is 0 Å². The Hall–Kier alpha value is -1.19. The Morgan fingerprint density at radius 2 is 2.12 bits per heavy atom. The van der Waals surface area contributed by atoms with E-state index in [0.29, 0.717) is 0 Å². The van der Waals surface area contributed by atoms with Crippen molar-refractivity contribution in [2.24, 2.45) is 5.73 Å². The summed E-state index contributed by atoms with van der Waals surface area (Å²) in [4.78, 5) is 21.4. The van der Waals surface area contributed by atoms with Crippen LogP contribution < -0.4 is 5.73 Å². The molecule has 0 aromatic rings. The molecule has 1 heterocycles. The normalized spacial score (nSPS) is 22.2. The lowest BCUT2D eigenvalue weighted by atomic mass is 10.3. The van der Waals surface area contributed by atoms with E-state index >= 15 is 0 Å². The highest BCUT2D eigenvalue weighted by molar-refractivity contribution is 7.89. The van der Waals surface area contributed by atoms with Crippen LogP contribution in [0.4, 0.5) is 0 Å². The quantitative estimate of drug-likeness (QED) is 0.591. The summed E-state index contributed by atoms with van der Waals surface area (Å²) in [5.74, 6) is -2.56. The molecule has 1 amide bonds. The number of morpholine rings is 1. The summed E-state index contributed by atoms with van der Waals surface area (Å²) >= 11 is 0. The van der Waals surface area contributed by atoms with Crippen molar-refractivity contribution in [3.63, 3.8) is 0 Å². The third kappa shape index (κ3) is 3.65. The molecular weight excluding hydrogens is 252 g/mol. The zero-order valence-electron chi connectivity index (χ0n) is 9.03. The minimum Gasteiger partial charge on any atom is -0.481 e. The third-order valence-corrected chi connectivity index (χ3v) is 4.21. The summed E-state index contributed by atoms with van der Waals surface area (Å²) in [6.07, 6.45) is -0.509. The highest BCUT2D eigenvalue weighted by Crippen LogP contribution is 2.13. The van der Waals surface area contributed by atoms with Crippen molar-refractivity contribution >= 4 is 21.9 Å². The Kier molecular flexibility index (Phi) is 4.43. The average molecular weight is 266 g/mol. The number of hydrogen-bond acceptors (Lipinski definition) is 5. The van der Waals surface area contributed by atoms with Gasteiger partial charge in [-0.1, -0.05) is 0 Å². The van der Waals surface area contributed by atoms with Crippen LogP contribution in [0.3, 0.4) is 0 Å². The van der Waals surface area contributed by atoms with Gasteiger partial charge in [0.2, 0.25) is 15.9 Å². The maximum absolute atomic E-state index is 11.8. The molecule has 1 aliphatic rings. The highest BCUT2D eigenvalue weighted by Gasteiger charge is 2.36. The van der Waals surface area contributed by atoms with Crippen LogP contribution in [-0.4, -0.2) is 61.3 Å². The number of amides is 1. The van der Waals surface area contributed by atoms with Crippen molar-refractivity contribution in [2.45, 2.75) is 12.5 Å². The first kappa shape index (κ1) is 13.9. The number of aliphatic carboxylic acids is 1. The van der Waals surface area contributed by atoms with E-state index in [1.54, 1.807) is 0 Å². The van der Waals surface area contributed by atoms with Crippen molar-refractivity contribution in [2.75, 3.05) is 25.5 Å². The topological polar surface area (TPSA) is 127 Å². The van der Waals surface area contributed by atoms with E-state index in [-0.39, 0.29) is 19.8 Å². The molecule has 0 saturated carbocycles. The first-order valence-corrected chi connectivity index (χ1v) is 6.54. The molecule has 1 aliphatic heterocycles. The van der Waals surface area contributed by atoms with E-state index in [0.717, 1.165) is 4.31 Å². The zero-order valence-corrected chi connectivity index (χ0v) is 9.85. The molecule has 1 saturated heterocycles. The van der Waals surface area contributed by atoms with Gasteiger partial charge in [-0.25, -0.2) is 8.42 Å². The third-order valence-electron chi connectivity index (χ3n) is 2.34. The number of hydrogen-bond donors (Lipinski definition) is 2. The molecule has 0 aromatic heterocycles. The number of sulfonamides is 1. The number of carbonyl (C=O) groups is 2. The van der Waals surface area contributed by atoms with E-state index in [1.165, 1.54) is 0 Å². The summed E-state index contributed by atoms with van der Waals surface area (Å²) in [6.45, 7) is 0.0767. The second kappa shape index (κ2) is 5.43. The molecule has 1 rings (SSSR count). The minimum absolute atomic E-state index is 0.00948. The molecule has 3 N–H and O–H groups in total. The number of nitrogens with zero attached hydrogens (tertiary/aromatic N) is 1. The number of ether oxygens (including phenoxy) is 1. The first-order valence-electron chi connectivity index (χ1n) is 4.93. The lowest BCUT2D eigenvalue weighted by Gasteiger charge is -2.32. The molecule has 1 unspecified atom stereocenters. The lowest BCUT2D eigenvalue weighted by molar-refractivity contribution is -0.136. The van der Waals surface area contributed by atoms with Crippen LogP contribution in [0.5, 0.6) is 0 Å². The molecule has 0 aromatic carbocycles. The second-order valence-corrected chi connectivity index (χ2v) is 5.60. The van der Waals surface area contributed by atoms with Gasteiger partial charge >= 0.3 is 5.97 Å². The van der Waals surface area contributed by atoms with Gasteiger partial charge in [-0.3, -0.25) is 9.59 Å². The molecule has 8 nitrogen and oxygen atoms in total. The van der Waals surface area contributed by atoms with Gasteiger partial charge < -0.3 is 15.6 Å². The summed E-state index contributed by atoms with van der Waals surface area (Å²) in [6, 6.07) is -1.05. The Morgan fingerprint density at radius 3 is 2.65 bits per heavy atom. The van der Waals surface area contributed by atoms with Crippen LogP contribution >= 0.6 is 0 Å². The molecule has 0 radical (unpaired) electrons. The van der Waals surface area contributed by atoms with Crippen molar-refractivity contribution in [3.8, 4) is 0 Å². The number of nitrogens with two attached hydrogens (primary N) is 1. The molecule has 0 bridgehead atoms. The minimum atomic E-state index is -3.80. The smallest absolute Gasteiger partial charge is 0.304 e. The fourth-order valence-electron chi connectivity index (χ4n) is 1.48. The zero-order chi connectivity index (χ0) is 13.1. The van der Waals surface area contributed by atoms with Gasteiger partial charge in [-0.15, -0.1) is 0 Å². The van der Waals surface area contributed by atoms with Crippen LogP contribution in [0, 0.1) is 0 Å². The van der Waals surface area contributed by atoms with Crippen LogP contribution in [0.25, 0.3) is 0 Å². The largest absolute Gasteiger partial charge is 0.481 e. The Labute approximate surface area is 98.4 Å². The van der Waals surface area contributed by atoms with E-state index in [2.05, 4.69) is 0 Å². The van der Waals surface area contributed by atoms with Gasteiger partial charge in [0.1, 0.15) is 6.04 Å². The van der Waals surface area contributed by atoms with Gasteiger partial charge in [0, 0.05) is 6.54 Å². The number of carboxylic acid groups (broad SMARTS) is 1. The van der Waals surface area contributed by atoms with Crippen LogP contribution in [0.1, 0.15) is 6.42 Å².